The van der Waals surface area contributed by atoms with E-state index in [1.54, 1.807) is 20.8 Å². The molecular weight excluding hydrogens is 429 g/mol. The molecule has 0 aliphatic carbocycles. The van der Waals surface area contributed by atoms with E-state index in [9.17, 15) is 24.0 Å². The molecule has 2 aromatic rings. The largest absolute Gasteiger partial charge is 0.444 e. The van der Waals surface area contributed by atoms with E-state index in [0.717, 1.165) is 4.57 Å². The molecule has 0 spiro atoms. The van der Waals surface area contributed by atoms with Gasteiger partial charge in [-0.15, -0.1) is 0 Å². The molecule has 33 heavy (non-hydrogen) atoms. The average molecular weight is 458 g/mol. The third-order valence-corrected chi connectivity index (χ3v) is 5.36. The standard InChI is InChI=1S/C23H28FN5O4/c1-23(2,3)33-21(31)26-18-6-5-9-28(14-18)19-11-20(30)27(4)22(32)29(19)13-16-10-17(24)8-7-15(16)12-25/h7-8,10-11,18H,5-6,9,13-14H2,1-4H3,(H,26,31). The highest BCUT2D eigenvalue weighted by Crippen LogP contribution is 2.21. The van der Waals surface area contributed by atoms with Gasteiger partial charge in [0.2, 0.25) is 0 Å². The zero-order chi connectivity index (χ0) is 24.3. The maximum absolute atomic E-state index is 13.9. The summed E-state index contributed by atoms with van der Waals surface area (Å²) in [6.07, 6.45) is 0.898. The number of amides is 1. The van der Waals surface area contributed by atoms with Crippen molar-refractivity contribution in [2.75, 3.05) is 18.0 Å². The third kappa shape index (κ3) is 5.80. The average Bonchev–Trinajstić information content (AvgIpc) is 2.73. The van der Waals surface area contributed by atoms with Crippen molar-refractivity contribution in [2.45, 2.75) is 51.8 Å². The van der Waals surface area contributed by atoms with Gasteiger partial charge in [-0.05, 0) is 57.4 Å². The molecule has 1 N–H and O–H groups in total. The highest BCUT2D eigenvalue weighted by Gasteiger charge is 2.26. The van der Waals surface area contributed by atoms with Crippen molar-refractivity contribution in [1.82, 2.24) is 14.5 Å². The minimum atomic E-state index is -0.631. The fourth-order valence-corrected chi connectivity index (χ4v) is 3.82. The molecule has 2 heterocycles. The lowest BCUT2D eigenvalue weighted by Gasteiger charge is -2.36. The van der Waals surface area contributed by atoms with Crippen LogP contribution in [-0.4, -0.2) is 40.0 Å². The number of alkyl carbamates (subject to hydrolysis) is 1. The second kappa shape index (κ2) is 9.48. The highest BCUT2D eigenvalue weighted by molar-refractivity contribution is 5.68. The zero-order valence-corrected chi connectivity index (χ0v) is 19.2. The summed E-state index contributed by atoms with van der Waals surface area (Å²) in [6.45, 7) is 6.18. The molecule has 10 heteroatoms. The van der Waals surface area contributed by atoms with Crippen LogP contribution in [0.5, 0.6) is 0 Å². The molecule has 1 aliphatic rings. The molecule has 3 rings (SSSR count). The minimum absolute atomic E-state index is 0.0798. The number of halogens is 1. The molecule has 0 bridgehead atoms. The summed E-state index contributed by atoms with van der Waals surface area (Å²) in [5.41, 5.74) is -1.11. The van der Waals surface area contributed by atoms with Gasteiger partial charge in [0.1, 0.15) is 17.2 Å². The predicted octanol–water partition coefficient (Wildman–Crippen LogP) is 2.10. The fraction of sp³-hybridized carbons (Fsp3) is 0.478. The number of rotatable bonds is 4. The van der Waals surface area contributed by atoms with Crippen LogP contribution in [0.4, 0.5) is 15.0 Å². The lowest BCUT2D eigenvalue weighted by molar-refractivity contribution is 0.0500. The summed E-state index contributed by atoms with van der Waals surface area (Å²) < 4.78 is 21.5. The van der Waals surface area contributed by atoms with Gasteiger partial charge in [-0.2, -0.15) is 5.26 Å². The summed E-state index contributed by atoms with van der Waals surface area (Å²) in [5.74, 6) is -0.171. The summed E-state index contributed by atoms with van der Waals surface area (Å²) in [7, 11) is 1.37. The molecular formula is C23H28FN5O4. The molecule has 176 valence electrons. The number of piperidine rings is 1. The third-order valence-electron chi connectivity index (χ3n) is 5.36. The Balaban J connectivity index is 1.94. The van der Waals surface area contributed by atoms with E-state index in [4.69, 9.17) is 4.74 Å². The first kappa shape index (κ1) is 24.0. The lowest BCUT2D eigenvalue weighted by Crippen LogP contribution is -2.51. The molecule has 1 atom stereocenters. The Morgan fingerprint density at radius 3 is 2.70 bits per heavy atom. The van der Waals surface area contributed by atoms with Crippen molar-refractivity contribution >= 4 is 11.9 Å². The molecule has 1 unspecified atom stereocenters. The SMILES string of the molecule is Cn1c(=O)cc(N2CCCC(NC(=O)OC(C)(C)C)C2)n(Cc2cc(F)ccc2C#N)c1=O. The van der Waals surface area contributed by atoms with Gasteiger partial charge < -0.3 is 15.0 Å². The smallest absolute Gasteiger partial charge is 0.407 e. The number of carbonyl (C=O) groups is 1. The Hall–Kier alpha value is -3.61. The molecule has 1 aliphatic heterocycles. The maximum atomic E-state index is 13.9. The van der Waals surface area contributed by atoms with Crippen LogP contribution in [0, 0.1) is 17.1 Å². The minimum Gasteiger partial charge on any atom is -0.444 e. The van der Waals surface area contributed by atoms with Crippen molar-refractivity contribution in [3.05, 3.63) is 62.0 Å². The van der Waals surface area contributed by atoms with E-state index < -0.39 is 28.8 Å². The van der Waals surface area contributed by atoms with Gasteiger partial charge in [0, 0.05) is 32.2 Å². The van der Waals surface area contributed by atoms with Crippen molar-refractivity contribution in [2.24, 2.45) is 7.05 Å². The van der Waals surface area contributed by atoms with Crippen LogP contribution in [0.1, 0.15) is 44.7 Å². The van der Waals surface area contributed by atoms with Gasteiger partial charge in [0.25, 0.3) is 5.56 Å². The number of carbonyl (C=O) groups excluding carboxylic acids is 1. The molecule has 1 aromatic heterocycles. The number of nitrogens with zero attached hydrogens (tertiary/aromatic N) is 4. The van der Waals surface area contributed by atoms with Gasteiger partial charge in [-0.1, -0.05) is 0 Å². The van der Waals surface area contributed by atoms with Crippen LogP contribution in [0.3, 0.4) is 0 Å². The predicted molar refractivity (Wildman–Crippen MR) is 121 cm³/mol. The van der Waals surface area contributed by atoms with E-state index in [1.165, 1.54) is 35.9 Å². The van der Waals surface area contributed by atoms with Gasteiger partial charge in [-0.25, -0.2) is 14.0 Å². The summed E-state index contributed by atoms with van der Waals surface area (Å²) >= 11 is 0. The van der Waals surface area contributed by atoms with Gasteiger partial charge in [0.05, 0.1) is 18.2 Å². The number of nitrogens with one attached hydrogen (secondary N) is 1. The quantitative estimate of drug-likeness (QED) is 0.753. The number of benzene rings is 1. The highest BCUT2D eigenvalue weighted by atomic mass is 19.1. The topological polar surface area (TPSA) is 109 Å². The number of hydrogen-bond acceptors (Lipinski definition) is 6. The van der Waals surface area contributed by atoms with Crippen molar-refractivity contribution < 1.29 is 13.9 Å². The van der Waals surface area contributed by atoms with E-state index in [-0.39, 0.29) is 18.2 Å². The first-order valence-electron chi connectivity index (χ1n) is 10.7. The molecule has 1 amide bonds. The van der Waals surface area contributed by atoms with Crippen LogP contribution < -0.4 is 21.5 Å². The normalized spacial score (nSPS) is 16.2. The van der Waals surface area contributed by atoms with E-state index in [1.807, 2.05) is 11.0 Å². The van der Waals surface area contributed by atoms with Crippen molar-refractivity contribution in [3.8, 4) is 6.07 Å². The van der Waals surface area contributed by atoms with Gasteiger partial charge in [0.15, 0.2) is 0 Å². The van der Waals surface area contributed by atoms with Gasteiger partial charge >= 0.3 is 11.8 Å². The first-order chi connectivity index (χ1) is 15.5. The lowest BCUT2D eigenvalue weighted by atomic mass is 10.1. The first-order valence-corrected chi connectivity index (χ1v) is 10.7. The Morgan fingerprint density at radius 2 is 2.03 bits per heavy atom. The maximum Gasteiger partial charge on any atom is 0.407 e. The summed E-state index contributed by atoms with van der Waals surface area (Å²) in [6, 6.07) is 6.87. The number of aromatic nitrogens is 2. The number of ether oxygens (including phenoxy) is 1. The van der Waals surface area contributed by atoms with Crippen LogP contribution >= 0.6 is 0 Å². The Kier molecular flexibility index (Phi) is 6.91. The van der Waals surface area contributed by atoms with E-state index >= 15 is 0 Å². The van der Waals surface area contributed by atoms with Crippen LogP contribution in [0.15, 0.2) is 33.9 Å². The van der Waals surface area contributed by atoms with Crippen LogP contribution in [-0.2, 0) is 18.3 Å². The van der Waals surface area contributed by atoms with Crippen molar-refractivity contribution in [3.63, 3.8) is 0 Å². The van der Waals surface area contributed by atoms with Crippen LogP contribution in [0.25, 0.3) is 0 Å². The number of hydrogen-bond donors (Lipinski definition) is 1. The number of nitriles is 1. The van der Waals surface area contributed by atoms with E-state index in [0.29, 0.717) is 37.3 Å². The Labute approximate surface area is 191 Å². The molecule has 0 saturated carbocycles. The van der Waals surface area contributed by atoms with E-state index in [2.05, 4.69) is 5.32 Å². The monoisotopic (exact) mass is 457 g/mol. The summed E-state index contributed by atoms with van der Waals surface area (Å²) in [5, 5.41) is 12.2. The van der Waals surface area contributed by atoms with Crippen LogP contribution in [0.2, 0.25) is 0 Å². The molecule has 9 nitrogen and oxygen atoms in total. The molecule has 1 aromatic carbocycles. The molecule has 1 saturated heterocycles. The molecule has 1 fully saturated rings. The summed E-state index contributed by atoms with van der Waals surface area (Å²) in [4.78, 5) is 39.5. The Bertz CT molecular complexity index is 1210. The molecule has 0 radical (unpaired) electrons. The zero-order valence-electron chi connectivity index (χ0n) is 19.2. The Morgan fingerprint density at radius 1 is 1.30 bits per heavy atom. The second-order valence-electron chi connectivity index (χ2n) is 9.11. The number of anilines is 1. The second-order valence-corrected chi connectivity index (χ2v) is 9.11. The van der Waals surface area contributed by atoms with Gasteiger partial charge in [-0.3, -0.25) is 13.9 Å². The van der Waals surface area contributed by atoms with Crippen molar-refractivity contribution in [1.29, 1.82) is 5.26 Å². The fourth-order valence-electron chi connectivity index (χ4n) is 3.82.